The molecule has 1 aliphatic heterocycles. The molecular weight excluding hydrogens is 655 g/mol. The van der Waals surface area contributed by atoms with Crippen LogP contribution < -0.4 is 10.2 Å². The molecule has 3 aliphatic rings. The van der Waals surface area contributed by atoms with E-state index in [4.69, 9.17) is 11.6 Å². The minimum atomic E-state index is -2.93. The molecule has 7 rings (SSSR count). The Morgan fingerprint density at radius 3 is 2.16 bits per heavy atom. The molecule has 2 N–H and O–H groups in total. The summed E-state index contributed by atoms with van der Waals surface area (Å²) < 4.78 is 42.7. The minimum absolute atomic E-state index is 0.00662. The predicted octanol–water partition coefficient (Wildman–Crippen LogP) is 8.18. The van der Waals surface area contributed by atoms with Gasteiger partial charge in [0, 0.05) is 47.6 Å². The first-order valence-corrected chi connectivity index (χ1v) is 16.6. The average molecular weight is 688 g/mol. The number of carbonyl (C=O) groups is 3. The Bertz CT molecular complexity index is 1900. The lowest BCUT2D eigenvalue weighted by Gasteiger charge is -2.44. The van der Waals surface area contributed by atoms with Crippen molar-refractivity contribution in [2.24, 2.45) is 0 Å². The zero-order chi connectivity index (χ0) is 34.5. The number of alkyl halides is 2. The third kappa shape index (κ3) is 5.82. The van der Waals surface area contributed by atoms with Crippen LogP contribution in [0.25, 0.3) is 11.1 Å². The van der Waals surface area contributed by atoms with Crippen molar-refractivity contribution in [3.05, 3.63) is 125 Å². The van der Waals surface area contributed by atoms with Crippen LogP contribution in [0, 0.1) is 5.82 Å². The van der Waals surface area contributed by atoms with Gasteiger partial charge in [0.2, 0.25) is 5.91 Å². The van der Waals surface area contributed by atoms with E-state index in [1.54, 1.807) is 18.2 Å². The fraction of sp³-hybridized carbons (Fsp3) is 0.289. The quantitative estimate of drug-likeness (QED) is 0.196. The molecule has 0 spiro atoms. The van der Waals surface area contributed by atoms with Gasteiger partial charge in [0.15, 0.2) is 0 Å². The molecule has 4 aromatic rings. The first-order chi connectivity index (χ1) is 23.5. The highest BCUT2D eigenvalue weighted by atomic mass is 35.5. The summed E-state index contributed by atoms with van der Waals surface area (Å²) in [5, 5.41) is 13.4. The number of nitrogens with zero attached hydrogens (tertiary/aromatic N) is 2. The summed E-state index contributed by atoms with van der Waals surface area (Å²) in [5.41, 5.74) is 2.33. The molecule has 4 aromatic carbocycles. The number of hydrogen-bond donors (Lipinski definition) is 2. The van der Waals surface area contributed by atoms with E-state index in [1.807, 2.05) is 48.5 Å². The van der Waals surface area contributed by atoms with Crippen molar-refractivity contribution in [3.63, 3.8) is 0 Å². The maximum Gasteiger partial charge on any atom is 0.408 e. The summed E-state index contributed by atoms with van der Waals surface area (Å²) in [6, 6.07) is 24.6. The summed E-state index contributed by atoms with van der Waals surface area (Å²) in [6.07, 6.45) is -1.90. The maximum atomic E-state index is 15.6. The molecule has 1 saturated heterocycles. The Kier molecular flexibility index (Phi) is 8.39. The lowest BCUT2D eigenvalue weighted by Crippen LogP contribution is -2.61. The summed E-state index contributed by atoms with van der Waals surface area (Å²) >= 11 is 6.67. The molecule has 1 saturated carbocycles. The summed E-state index contributed by atoms with van der Waals surface area (Å²) in [7, 11) is 0. The van der Waals surface area contributed by atoms with Crippen molar-refractivity contribution in [2.75, 3.05) is 11.4 Å². The number of amides is 3. The van der Waals surface area contributed by atoms with Crippen LogP contribution in [0.4, 0.5) is 23.7 Å². The second-order valence-electron chi connectivity index (χ2n) is 13.0. The molecule has 0 aromatic heterocycles. The molecule has 0 unspecified atom stereocenters. The smallest absolute Gasteiger partial charge is 0.408 e. The number of anilines is 1. The first-order valence-electron chi connectivity index (χ1n) is 16.2. The zero-order valence-corrected chi connectivity index (χ0v) is 27.0. The van der Waals surface area contributed by atoms with E-state index < -0.39 is 60.1 Å². The zero-order valence-electron chi connectivity index (χ0n) is 26.3. The van der Waals surface area contributed by atoms with Crippen molar-refractivity contribution in [3.8, 4) is 11.1 Å². The van der Waals surface area contributed by atoms with Gasteiger partial charge in [-0.15, -0.1) is 0 Å². The molecule has 7 nitrogen and oxygen atoms in total. The van der Waals surface area contributed by atoms with E-state index >= 15 is 4.79 Å². The molecule has 0 bridgehead atoms. The van der Waals surface area contributed by atoms with Gasteiger partial charge in [0.25, 0.3) is 11.8 Å². The third-order valence-electron chi connectivity index (χ3n) is 10.1. The van der Waals surface area contributed by atoms with Crippen molar-refractivity contribution < 1.29 is 32.7 Å². The van der Waals surface area contributed by atoms with Gasteiger partial charge in [0.1, 0.15) is 17.4 Å². The second kappa shape index (κ2) is 12.6. The number of fused-ring (bicyclic) bond motifs is 3. The van der Waals surface area contributed by atoms with Crippen molar-refractivity contribution in [1.29, 1.82) is 0 Å². The summed E-state index contributed by atoms with van der Waals surface area (Å²) in [6.45, 7) is 0.0637. The van der Waals surface area contributed by atoms with E-state index in [0.29, 0.717) is 6.42 Å². The molecule has 49 heavy (non-hydrogen) atoms. The van der Waals surface area contributed by atoms with Crippen LogP contribution in [-0.2, 0) is 9.59 Å². The highest BCUT2D eigenvalue weighted by Gasteiger charge is 2.56. The number of likely N-dealkylation sites (tertiary alicyclic amines) is 1. The first kappa shape index (κ1) is 32.7. The lowest BCUT2D eigenvalue weighted by molar-refractivity contribution is -0.135. The van der Waals surface area contributed by atoms with Crippen LogP contribution in [0.2, 0.25) is 5.02 Å². The second-order valence-corrected chi connectivity index (χ2v) is 13.5. The van der Waals surface area contributed by atoms with Crippen LogP contribution in [0.3, 0.4) is 0 Å². The van der Waals surface area contributed by atoms with Gasteiger partial charge in [-0.2, -0.15) is 0 Å². The van der Waals surface area contributed by atoms with Crippen molar-refractivity contribution in [2.45, 2.75) is 61.6 Å². The summed E-state index contributed by atoms with van der Waals surface area (Å²) in [5.74, 6) is -5.53. The number of carboxylic acid groups (broad SMARTS) is 1. The Morgan fingerprint density at radius 1 is 0.918 bits per heavy atom. The normalized spacial score (nSPS) is 20.2. The highest BCUT2D eigenvalue weighted by molar-refractivity contribution is 6.31. The monoisotopic (exact) mass is 687 g/mol. The van der Waals surface area contributed by atoms with Gasteiger partial charge in [-0.3, -0.25) is 19.4 Å². The van der Waals surface area contributed by atoms with Gasteiger partial charge < -0.3 is 10.4 Å². The Balaban J connectivity index is 1.39. The van der Waals surface area contributed by atoms with Crippen molar-refractivity contribution >= 4 is 35.2 Å². The average Bonchev–Trinajstić information content (AvgIpc) is 3.63. The largest absolute Gasteiger partial charge is 0.465 e. The maximum absolute atomic E-state index is 15.6. The molecule has 1 heterocycles. The fourth-order valence-electron chi connectivity index (χ4n) is 7.87. The Hall–Kier alpha value is -4.83. The summed E-state index contributed by atoms with van der Waals surface area (Å²) in [4.78, 5) is 45.1. The molecule has 3 amide bonds. The molecule has 2 atom stereocenters. The number of carbonyl (C=O) groups excluding carboxylic acids is 2. The van der Waals surface area contributed by atoms with Gasteiger partial charge in [-0.25, -0.2) is 18.0 Å². The highest BCUT2D eigenvalue weighted by Crippen LogP contribution is 2.51. The van der Waals surface area contributed by atoms with Gasteiger partial charge in [-0.05, 0) is 65.8 Å². The molecule has 11 heteroatoms. The van der Waals surface area contributed by atoms with Crippen LogP contribution in [0.1, 0.15) is 60.8 Å². The minimum Gasteiger partial charge on any atom is -0.465 e. The van der Waals surface area contributed by atoms with E-state index in [2.05, 4.69) is 5.32 Å². The van der Waals surface area contributed by atoms with Gasteiger partial charge in [-0.1, -0.05) is 84.4 Å². The molecule has 0 radical (unpaired) electrons. The number of hydrogen-bond acceptors (Lipinski definition) is 3. The third-order valence-corrected chi connectivity index (χ3v) is 10.4. The van der Waals surface area contributed by atoms with Crippen LogP contribution >= 0.6 is 11.6 Å². The number of rotatable bonds is 8. The number of nitrogens with one attached hydrogen (secondary N) is 1. The van der Waals surface area contributed by atoms with E-state index in [0.717, 1.165) is 38.1 Å². The van der Waals surface area contributed by atoms with Crippen LogP contribution in [0.5, 0.6) is 0 Å². The van der Waals surface area contributed by atoms with Crippen molar-refractivity contribution in [1.82, 2.24) is 10.2 Å². The SMILES string of the molecule is O=C(NC1CC(F)(F)C1)[C@@H](c1ccccc1Cl)N(C(=O)[C@@]1(CC2c3ccccc3-c3ccccc32)CCCN1C(=O)O)c1cccc(F)c1. The van der Waals surface area contributed by atoms with Crippen LogP contribution in [0.15, 0.2) is 97.1 Å². The predicted molar refractivity (Wildman–Crippen MR) is 179 cm³/mol. The van der Waals surface area contributed by atoms with E-state index in [1.165, 1.54) is 24.3 Å². The standard InChI is InChI=1S/C38H33ClF3N3O4/c39-32-16-6-5-15-30(32)33(34(46)43-24-20-38(41,42)21-24)45(25-10-7-9-23(40)19-25)35(47)37(17-8-18-44(37)36(48)49)22-31-28-13-3-1-11-26(28)27-12-2-4-14-29(27)31/h1-7,9-16,19,24,31,33H,8,17-18,20-22H2,(H,43,46)(H,48,49)/t33-,37+/m1/s1. The topological polar surface area (TPSA) is 90.0 Å². The Labute approximate surface area is 286 Å². The molecular formula is C38H33ClF3N3O4. The molecule has 2 aliphatic carbocycles. The molecule has 2 fully saturated rings. The number of benzene rings is 4. The number of halogens is 4. The molecule has 252 valence electrons. The van der Waals surface area contributed by atoms with Crippen LogP contribution in [-0.4, -0.2) is 52.0 Å². The Morgan fingerprint density at radius 2 is 1.55 bits per heavy atom. The van der Waals surface area contributed by atoms with E-state index in [-0.39, 0.29) is 41.6 Å². The van der Waals surface area contributed by atoms with Gasteiger partial charge in [0.05, 0.1) is 0 Å². The lowest BCUT2D eigenvalue weighted by atomic mass is 9.79. The van der Waals surface area contributed by atoms with Gasteiger partial charge >= 0.3 is 6.09 Å². The van der Waals surface area contributed by atoms with E-state index in [9.17, 15) is 27.9 Å². The fourth-order valence-corrected chi connectivity index (χ4v) is 8.11.